The summed E-state index contributed by atoms with van der Waals surface area (Å²) < 4.78 is 48.8. The minimum absolute atomic E-state index is 0.0162. The van der Waals surface area contributed by atoms with Crippen molar-refractivity contribution in [2.75, 3.05) is 16.6 Å². The zero-order valence-electron chi connectivity index (χ0n) is 16.3. The quantitative estimate of drug-likeness (QED) is 0.416. The summed E-state index contributed by atoms with van der Waals surface area (Å²) in [6, 6.07) is 0. The van der Waals surface area contributed by atoms with Crippen LogP contribution in [0.15, 0.2) is 0 Å². The Kier molecular flexibility index (Phi) is 11.5. The molecule has 24 heavy (non-hydrogen) atoms. The van der Waals surface area contributed by atoms with Crippen LogP contribution in [0.4, 0.5) is 0 Å². The normalized spacial score (nSPS) is 15.6. The molecule has 0 spiro atoms. The first kappa shape index (κ1) is 23.9. The van der Waals surface area contributed by atoms with E-state index in [1.165, 1.54) is 0 Å². The highest BCUT2D eigenvalue weighted by atomic mass is 32.3. The SMILES string of the molecule is CCCCCC(C)CS(=O)(=O)CS(=O)(=O)CC(C)CCCC(C)C. The van der Waals surface area contributed by atoms with Crippen LogP contribution < -0.4 is 0 Å². The van der Waals surface area contributed by atoms with E-state index in [4.69, 9.17) is 0 Å². The first-order chi connectivity index (χ1) is 11.0. The minimum Gasteiger partial charge on any atom is -0.228 e. The second kappa shape index (κ2) is 11.5. The van der Waals surface area contributed by atoms with Crippen molar-refractivity contribution in [1.82, 2.24) is 0 Å². The van der Waals surface area contributed by atoms with Gasteiger partial charge in [-0.15, -0.1) is 0 Å². The molecule has 0 bridgehead atoms. The number of hydrogen-bond donors (Lipinski definition) is 0. The first-order valence-electron chi connectivity index (χ1n) is 9.38. The summed E-state index contributed by atoms with van der Waals surface area (Å²) in [7, 11) is -7.09. The molecule has 0 N–H and O–H groups in total. The Hall–Kier alpha value is -0.100. The lowest BCUT2D eigenvalue weighted by Crippen LogP contribution is -2.26. The Labute approximate surface area is 150 Å². The Bertz CT molecular complexity index is 521. The number of rotatable bonds is 14. The predicted molar refractivity (Wildman–Crippen MR) is 104 cm³/mol. The van der Waals surface area contributed by atoms with Gasteiger partial charge in [0.05, 0.1) is 11.5 Å². The second-order valence-corrected chi connectivity index (χ2v) is 12.6. The van der Waals surface area contributed by atoms with Gasteiger partial charge in [-0.25, -0.2) is 16.8 Å². The van der Waals surface area contributed by atoms with Crippen LogP contribution in [0.1, 0.15) is 79.6 Å². The molecular weight excluding hydrogens is 344 g/mol. The lowest BCUT2D eigenvalue weighted by molar-refractivity contribution is 0.477. The van der Waals surface area contributed by atoms with Crippen LogP contribution in [-0.4, -0.2) is 33.4 Å². The van der Waals surface area contributed by atoms with Gasteiger partial charge in [0.25, 0.3) is 0 Å². The minimum atomic E-state index is -3.55. The molecule has 0 aliphatic rings. The van der Waals surface area contributed by atoms with E-state index < -0.39 is 24.8 Å². The van der Waals surface area contributed by atoms with Gasteiger partial charge in [-0.1, -0.05) is 66.7 Å². The van der Waals surface area contributed by atoms with Crippen molar-refractivity contribution in [3.8, 4) is 0 Å². The van der Waals surface area contributed by atoms with E-state index in [-0.39, 0.29) is 23.3 Å². The summed E-state index contributed by atoms with van der Waals surface area (Å²) in [5.74, 6) is 0.626. The molecule has 0 heterocycles. The summed E-state index contributed by atoms with van der Waals surface area (Å²) in [5.41, 5.74) is 0. The Morgan fingerprint density at radius 3 is 1.54 bits per heavy atom. The maximum atomic E-state index is 12.2. The third-order valence-electron chi connectivity index (χ3n) is 4.21. The molecule has 4 nitrogen and oxygen atoms in total. The summed E-state index contributed by atoms with van der Waals surface area (Å²) in [6.45, 7) is 10.2. The molecular formula is C18H38O4S2. The van der Waals surface area contributed by atoms with Crippen LogP contribution in [0.3, 0.4) is 0 Å². The topological polar surface area (TPSA) is 68.3 Å². The lowest BCUT2D eigenvalue weighted by Gasteiger charge is -2.15. The summed E-state index contributed by atoms with van der Waals surface area (Å²) >= 11 is 0. The maximum absolute atomic E-state index is 12.2. The number of sulfone groups is 2. The van der Waals surface area contributed by atoms with E-state index in [0.29, 0.717) is 5.92 Å². The van der Waals surface area contributed by atoms with E-state index in [2.05, 4.69) is 20.8 Å². The Morgan fingerprint density at radius 2 is 1.12 bits per heavy atom. The molecule has 0 aliphatic carbocycles. The van der Waals surface area contributed by atoms with E-state index in [1.54, 1.807) is 0 Å². The van der Waals surface area contributed by atoms with Crippen molar-refractivity contribution in [3.05, 3.63) is 0 Å². The zero-order valence-corrected chi connectivity index (χ0v) is 17.9. The third kappa shape index (κ3) is 13.2. The predicted octanol–water partition coefficient (Wildman–Crippen LogP) is 4.45. The van der Waals surface area contributed by atoms with Crippen molar-refractivity contribution in [2.24, 2.45) is 17.8 Å². The third-order valence-corrected chi connectivity index (χ3v) is 9.24. The second-order valence-electron chi connectivity index (χ2n) is 7.97. The smallest absolute Gasteiger partial charge is 0.164 e. The molecule has 6 heteroatoms. The highest BCUT2D eigenvalue weighted by Gasteiger charge is 2.25. The van der Waals surface area contributed by atoms with Crippen LogP contribution >= 0.6 is 0 Å². The zero-order chi connectivity index (χ0) is 18.8. The summed E-state index contributed by atoms with van der Waals surface area (Å²) in [5, 5.41) is -0.688. The Balaban J connectivity index is 4.39. The van der Waals surface area contributed by atoms with E-state index in [9.17, 15) is 16.8 Å². The van der Waals surface area contributed by atoms with Gasteiger partial charge >= 0.3 is 0 Å². The molecule has 0 aliphatic heterocycles. The molecule has 0 amide bonds. The van der Waals surface area contributed by atoms with Gasteiger partial charge in [0, 0.05) is 0 Å². The van der Waals surface area contributed by atoms with E-state index >= 15 is 0 Å². The van der Waals surface area contributed by atoms with Crippen LogP contribution in [0, 0.1) is 17.8 Å². The van der Waals surface area contributed by atoms with E-state index in [1.807, 2.05) is 13.8 Å². The van der Waals surface area contributed by atoms with Gasteiger partial charge < -0.3 is 0 Å². The van der Waals surface area contributed by atoms with Crippen molar-refractivity contribution in [3.63, 3.8) is 0 Å². The van der Waals surface area contributed by atoms with Crippen molar-refractivity contribution < 1.29 is 16.8 Å². The van der Waals surface area contributed by atoms with E-state index in [0.717, 1.165) is 44.9 Å². The molecule has 0 rings (SSSR count). The molecule has 0 aromatic heterocycles. The average Bonchev–Trinajstić information content (AvgIpc) is 2.35. The van der Waals surface area contributed by atoms with Crippen molar-refractivity contribution >= 4 is 19.7 Å². The standard InChI is InChI=1S/C18H38O4S2/c1-6-7-8-11-17(4)13-23(19,20)15-24(21,22)14-18(5)12-9-10-16(2)3/h16-18H,6-15H2,1-5H3. The largest absolute Gasteiger partial charge is 0.228 e. The fraction of sp³-hybridized carbons (Fsp3) is 1.00. The van der Waals surface area contributed by atoms with Crippen LogP contribution in [0.2, 0.25) is 0 Å². The van der Waals surface area contributed by atoms with Gasteiger partial charge in [0.2, 0.25) is 0 Å². The highest BCUT2D eigenvalue weighted by molar-refractivity contribution is 8.08. The van der Waals surface area contributed by atoms with Crippen molar-refractivity contribution in [1.29, 1.82) is 0 Å². The van der Waals surface area contributed by atoms with Crippen LogP contribution in [0.5, 0.6) is 0 Å². The number of hydrogen-bond acceptors (Lipinski definition) is 4. The first-order valence-corrected chi connectivity index (χ1v) is 13.0. The lowest BCUT2D eigenvalue weighted by atomic mass is 10.0. The summed E-state index contributed by atoms with van der Waals surface area (Å²) in [6.07, 6.45) is 6.96. The van der Waals surface area contributed by atoms with Gasteiger partial charge in [0.1, 0.15) is 0 Å². The molecule has 2 atom stereocenters. The fourth-order valence-electron chi connectivity index (χ4n) is 3.02. The molecule has 2 unspecified atom stereocenters. The van der Waals surface area contributed by atoms with Crippen molar-refractivity contribution in [2.45, 2.75) is 79.6 Å². The molecule has 0 aromatic carbocycles. The fourth-order valence-corrected chi connectivity index (χ4v) is 8.05. The highest BCUT2D eigenvalue weighted by Crippen LogP contribution is 2.17. The van der Waals surface area contributed by atoms with Crippen LogP contribution in [0.25, 0.3) is 0 Å². The van der Waals surface area contributed by atoms with Gasteiger partial charge in [-0.05, 0) is 30.6 Å². The Morgan fingerprint density at radius 1 is 0.667 bits per heavy atom. The van der Waals surface area contributed by atoms with Gasteiger partial charge in [-0.3, -0.25) is 0 Å². The molecule has 146 valence electrons. The van der Waals surface area contributed by atoms with Gasteiger partial charge in [-0.2, -0.15) is 0 Å². The monoisotopic (exact) mass is 382 g/mol. The molecule has 0 saturated heterocycles. The molecule has 0 fully saturated rings. The van der Waals surface area contributed by atoms with Crippen LogP contribution in [-0.2, 0) is 19.7 Å². The molecule has 0 saturated carbocycles. The molecule has 0 radical (unpaired) electrons. The molecule has 0 aromatic rings. The average molecular weight is 383 g/mol. The van der Waals surface area contributed by atoms with Gasteiger partial charge in [0.15, 0.2) is 24.8 Å². The summed E-state index contributed by atoms with van der Waals surface area (Å²) in [4.78, 5) is 0. The maximum Gasteiger partial charge on any atom is 0.164 e. The number of unbranched alkanes of at least 4 members (excludes halogenated alkanes) is 2.